The number of aliphatic hydroxyl groups is 1. The standard InChI is InChI=1S/C20H17BrN4O4S2/c1-8-18(30-9(2)22-8)16(26)14-15(12-7-11(21)5-6-13(12)29-4)25(19(28)17(14)27)20-24-23-10(3)31-20/h5-7,15,27H,1-4H3. The lowest BCUT2D eigenvalue weighted by Crippen LogP contribution is -2.31. The fourth-order valence-electron chi connectivity index (χ4n) is 3.50. The number of thiazole rings is 1. The van der Waals surface area contributed by atoms with Crippen LogP contribution in [0.3, 0.4) is 0 Å². The second-order valence-corrected chi connectivity index (χ2v) is 10.1. The van der Waals surface area contributed by atoms with E-state index in [1.54, 1.807) is 39.0 Å². The van der Waals surface area contributed by atoms with Crippen LogP contribution in [0.4, 0.5) is 5.13 Å². The largest absolute Gasteiger partial charge is 0.503 e. The fourth-order valence-corrected chi connectivity index (χ4v) is 5.46. The lowest BCUT2D eigenvalue weighted by molar-refractivity contribution is -0.117. The molecule has 8 nitrogen and oxygen atoms in total. The summed E-state index contributed by atoms with van der Waals surface area (Å²) >= 11 is 5.86. The maximum absolute atomic E-state index is 13.6. The smallest absolute Gasteiger partial charge is 0.296 e. The number of hydrogen-bond donors (Lipinski definition) is 1. The fraction of sp³-hybridized carbons (Fsp3) is 0.250. The number of aliphatic hydroxyl groups excluding tert-OH is 1. The van der Waals surface area contributed by atoms with Gasteiger partial charge in [-0.3, -0.25) is 14.5 Å². The Kier molecular flexibility index (Phi) is 5.67. The molecule has 1 N–H and O–H groups in total. The van der Waals surface area contributed by atoms with Gasteiger partial charge in [0.05, 0.1) is 28.3 Å². The van der Waals surface area contributed by atoms with Gasteiger partial charge in [-0.2, -0.15) is 0 Å². The van der Waals surface area contributed by atoms with Crippen molar-refractivity contribution in [3.05, 3.63) is 60.2 Å². The van der Waals surface area contributed by atoms with Crippen molar-refractivity contribution >= 4 is 55.4 Å². The predicted octanol–water partition coefficient (Wildman–Crippen LogP) is 4.47. The summed E-state index contributed by atoms with van der Waals surface area (Å²) in [5, 5.41) is 20.6. The molecular formula is C20H17BrN4O4S2. The minimum absolute atomic E-state index is 0.0407. The normalized spacial score (nSPS) is 16.4. The molecule has 0 saturated carbocycles. The van der Waals surface area contributed by atoms with Gasteiger partial charge in [0, 0.05) is 10.0 Å². The molecule has 0 saturated heterocycles. The quantitative estimate of drug-likeness (QED) is 0.494. The van der Waals surface area contributed by atoms with Crippen molar-refractivity contribution < 1.29 is 19.4 Å². The number of amides is 1. The number of ether oxygens (including phenoxy) is 1. The van der Waals surface area contributed by atoms with E-state index < -0.39 is 23.5 Å². The number of halogens is 1. The molecule has 11 heteroatoms. The topological polar surface area (TPSA) is 106 Å². The van der Waals surface area contributed by atoms with Gasteiger partial charge in [0.25, 0.3) is 5.91 Å². The Balaban J connectivity index is 1.95. The van der Waals surface area contributed by atoms with Crippen LogP contribution in [-0.4, -0.2) is 39.1 Å². The van der Waals surface area contributed by atoms with Gasteiger partial charge in [-0.05, 0) is 39.0 Å². The number of anilines is 1. The summed E-state index contributed by atoms with van der Waals surface area (Å²) in [6, 6.07) is 4.34. The Labute approximate surface area is 194 Å². The highest BCUT2D eigenvalue weighted by Crippen LogP contribution is 2.46. The van der Waals surface area contributed by atoms with Gasteiger partial charge in [0.15, 0.2) is 5.76 Å². The van der Waals surface area contributed by atoms with E-state index in [4.69, 9.17) is 4.74 Å². The monoisotopic (exact) mass is 520 g/mol. The highest BCUT2D eigenvalue weighted by Gasteiger charge is 2.47. The Morgan fingerprint density at radius 2 is 1.94 bits per heavy atom. The Morgan fingerprint density at radius 1 is 1.19 bits per heavy atom. The zero-order valence-corrected chi connectivity index (χ0v) is 20.2. The van der Waals surface area contributed by atoms with E-state index in [1.165, 1.54) is 34.7 Å². The van der Waals surface area contributed by atoms with Crippen LogP contribution < -0.4 is 9.64 Å². The zero-order valence-electron chi connectivity index (χ0n) is 17.0. The number of Topliss-reactive ketones (excluding diaryl/α,β-unsaturated/α-hetero) is 1. The molecule has 0 fully saturated rings. The second kappa shape index (κ2) is 8.13. The molecule has 3 aromatic rings. The summed E-state index contributed by atoms with van der Waals surface area (Å²) in [5.74, 6) is -1.32. The van der Waals surface area contributed by atoms with E-state index in [2.05, 4.69) is 31.1 Å². The Hall–Kier alpha value is -2.63. The highest BCUT2D eigenvalue weighted by atomic mass is 79.9. The van der Waals surface area contributed by atoms with Gasteiger partial charge in [-0.25, -0.2) is 4.98 Å². The molecule has 2 aromatic heterocycles. The molecule has 1 aliphatic heterocycles. The average molecular weight is 521 g/mol. The molecular weight excluding hydrogens is 504 g/mol. The SMILES string of the molecule is COc1ccc(Br)cc1C1C(C(=O)c2sc(C)nc2C)=C(O)C(=O)N1c1nnc(C)s1. The number of benzene rings is 1. The van der Waals surface area contributed by atoms with Gasteiger partial charge in [-0.15, -0.1) is 21.5 Å². The molecule has 0 aliphatic carbocycles. The number of carbonyl (C=O) groups excluding carboxylic acids is 2. The Bertz CT molecular complexity index is 1250. The van der Waals surface area contributed by atoms with Crippen molar-refractivity contribution in [2.24, 2.45) is 0 Å². The van der Waals surface area contributed by atoms with Gasteiger partial charge < -0.3 is 9.84 Å². The summed E-state index contributed by atoms with van der Waals surface area (Å²) in [6.45, 7) is 5.29. The third-order valence-corrected chi connectivity index (χ3v) is 7.17. The average Bonchev–Trinajstić information content (AvgIpc) is 3.37. The maximum atomic E-state index is 13.6. The summed E-state index contributed by atoms with van der Waals surface area (Å²) in [5.41, 5.74) is 1.04. The van der Waals surface area contributed by atoms with E-state index >= 15 is 0 Å². The van der Waals surface area contributed by atoms with Gasteiger partial charge in [0.1, 0.15) is 16.8 Å². The minimum atomic E-state index is -0.943. The van der Waals surface area contributed by atoms with Crippen LogP contribution in [0, 0.1) is 20.8 Å². The first-order valence-corrected chi connectivity index (χ1v) is 11.5. The van der Waals surface area contributed by atoms with E-state index in [-0.39, 0.29) is 10.7 Å². The molecule has 0 spiro atoms. The van der Waals surface area contributed by atoms with Crippen molar-refractivity contribution in [3.63, 3.8) is 0 Å². The molecule has 160 valence electrons. The number of aryl methyl sites for hydroxylation is 3. The number of rotatable bonds is 5. The van der Waals surface area contributed by atoms with Crippen LogP contribution in [0.25, 0.3) is 0 Å². The first kappa shape index (κ1) is 21.6. The van der Waals surface area contributed by atoms with Gasteiger partial charge in [-0.1, -0.05) is 27.3 Å². The predicted molar refractivity (Wildman–Crippen MR) is 121 cm³/mol. The van der Waals surface area contributed by atoms with Gasteiger partial charge >= 0.3 is 0 Å². The van der Waals surface area contributed by atoms with Crippen molar-refractivity contribution in [2.75, 3.05) is 12.0 Å². The first-order chi connectivity index (χ1) is 14.7. The zero-order chi connectivity index (χ0) is 22.4. The molecule has 1 aliphatic rings. The van der Waals surface area contributed by atoms with E-state index in [1.807, 2.05) is 0 Å². The highest BCUT2D eigenvalue weighted by molar-refractivity contribution is 9.10. The number of nitrogens with zero attached hydrogens (tertiary/aromatic N) is 4. The lowest BCUT2D eigenvalue weighted by Gasteiger charge is -2.25. The molecule has 1 atom stereocenters. The van der Waals surface area contributed by atoms with Crippen LogP contribution in [-0.2, 0) is 4.79 Å². The third-order valence-electron chi connectivity index (χ3n) is 4.77. The van der Waals surface area contributed by atoms with Crippen LogP contribution >= 0.6 is 38.6 Å². The molecule has 31 heavy (non-hydrogen) atoms. The summed E-state index contributed by atoms with van der Waals surface area (Å²) < 4.78 is 6.25. The van der Waals surface area contributed by atoms with E-state index in [9.17, 15) is 14.7 Å². The second-order valence-electron chi connectivity index (χ2n) is 6.81. The minimum Gasteiger partial charge on any atom is -0.503 e. The number of methoxy groups -OCH3 is 1. The van der Waals surface area contributed by atoms with Crippen molar-refractivity contribution in [1.29, 1.82) is 0 Å². The van der Waals surface area contributed by atoms with Crippen LogP contribution in [0.15, 0.2) is 34.0 Å². The van der Waals surface area contributed by atoms with E-state index in [0.717, 1.165) is 9.48 Å². The number of carbonyl (C=O) groups is 2. The first-order valence-electron chi connectivity index (χ1n) is 9.11. The summed E-state index contributed by atoms with van der Waals surface area (Å²) in [7, 11) is 1.50. The molecule has 0 radical (unpaired) electrons. The van der Waals surface area contributed by atoms with Crippen LogP contribution in [0.1, 0.15) is 37.0 Å². The number of aromatic nitrogens is 3. The molecule has 1 amide bonds. The summed E-state index contributed by atoms with van der Waals surface area (Å²) in [4.78, 5) is 32.7. The lowest BCUT2D eigenvalue weighted by atomic mass is 9.94. The third kappa shape index (κ3) is 3.66. The summed E-state index contributed by atoms with van der Waals surface area (Å²) in [6.07, 6.45) is 0. The molecule has 0 bridgehead atoms. The van der Waals surface area contributed by atoms with E-state index in [0.29, 0.717) is 26.9 Å². The number of ketones is 1. The van der Waals surface area contributed by atoms with Crippen molar-refractivity contribution in [2.45, 2.75) is 26.8 Å². The molecule has 1 aromatic carbocycles. The van der Waals surface area contributed by atoms with Crippen molar-refractivity contribution in [3.8, 4) is 5.75 Å². The van der Waals surface area contributed by atoms with Gasteiger partial charge in [0.2, 0.25) is 10.9 Å². The van der Waals surface area contributed by atoms with Crippen LogP contribution in [0.2, 0.25) is 0 Å². The molecule has 3 heterocycles. The van der Waals surface area contributed by atoms with Crippen LogP contribution in [0.5, 0.6) is 5.75 Å². The maximum Gasteiger partial charge on any atom is 0.296 e. The Morgan fingerprint density at radius 3 is 2.52 bits per heavy atom. The molecule has 4 rings (SSSR count). The van der Waals surface area contributed by atoms with Crippen molar-refractivity contribution in [1.82, 2.24) is 15.2 Å². The molecule has 1 unspecified atom stereocenters. The number of hydrogen-bond acceptors (Lipinski definition) is 9.